The van der Waals surface area contributed by atoms with Crippen molar-refractivity contribution in [2.75, 3.05) is 6.54 Å². The first-order valence-corrected chi connectivity index (χ1v) is 6.45. The van der Waals surface area contributed by atoms with Crippen LogP contribution < -0.4 is 5.32 Å². The van der Waals surface area contributed by atoms with E-state index < -0.39 is 0 Å². The SMILES string of the molecule is CCNC(C)CC(C)Sc1ccoc1C. The van der Waals surface area contributed by atoms with E-state index in [4.69, 9.17) is 4.42 Å². The Bertz CT molecular complexity index is 285. The van der Waals surface area contributed by atoms with Crippen molar-refractivity contribution in [2.45, 2.75) is 50.3 Å². The maximum Gasteiger partial charge on any atom is 0.114 e. The van der Waals surface area contributed by atoms with E-state index in [0.717, 1.165) is 12.3 Å². The Hall–Kier alpha value is -0.410. The Morgan fingerprint density at radius 1 is 1.47 bits per heavy atom. The first-order chi connectivity index (χ1) is 7.13. The van der Waals surface area contributed by atoms with E-state index in [1.54, 1.807) is 6.26 Å². The minimum absolute atomic E-state index is 0.588. The van der Waals surface area contributed by atoms with Crippen LogP contribution in [0.15, 0.2) is 21.6 Å². The van der Waals surface area contributed by atoms with Crippen LogP contribution in [0.4, 0.5) is 0 Å². The lowest BCUT2D eigenvalue weighted by Gasteiger charge is -2.17. The first kappa shape index (κ1) is 12.7. The van der Waals surface area contributed by atoms with Gasteiger partial charge >= 0.3 is 0 Å². The number of furan rings is 1. The van der Waals surface area contributed by atoms with Gasteiger partial charge in [-0.1, -0.05) is 13.8 Å². The second kappa shape index (κ2) is 6.23. The Balaban J connectivity index is 2.36. The summed E-state index contributed by atoms with van der Waals surface area (Å²) in [5.41, 5.74) is 0. The van der Waals surface area contributed by atoms with Crippen LogP contribution in [0.3, 0.4) is 0 Å². The van der Waals surface area contributed by atoms with Gasteiger partial charge in [-0.2, -0.15) is 0 Å². The summed E-state index contributed by atoms with van der Waals surface area (Å²) >= 11 is 1.90. The Morgan fingerprint density at radius 2 is 2.20 bits per heavy atom. The second-order valence-corrected chi connectivity index (χ2v) is 5.44. The fourth-order valence-electron chi connectivity index (χ4n) is 1.69. The predicted octanol–water partition coefficient (Wildman–Crippen LogP) is 3.46. The topological polar surface area (TPSA) is 25.2 Å². The molecule has 1 aromatic rings. The molecule has 0 fully saturated rings. The average molecular weight is 227 g/mol. The molecular weight excluding hydrogens is 206 g/mol. The van der Waals surface area contributed by atoms with E-state index in [1.165, 1.54) is 11.3 Å². The van der Waals surface area contributed by atoms with E-state index in [0.29, 0.717) is 11.3 Å². The van der Waals surface area contributed by atoms with Crippen LogP contribution >= 0.6 is 11.8 Å². The zero-order valence-corrected chi connectivity index (χ0v) is 10.9. The summed E-state index contributed by atoms with van der Waals surface area (Å²) < 4.78 is 5.28. The number of nitrogens with one attached hydrogen (secondary N) is 1. The van der Waals surface area contributed by atoms with Crippen molar-refractivity contribution >= 4 is 11.8 Å². The zero-order valence-electron chi connectivity index (χ0n) is 10.0. The third-order valence-electron chi connectivity index (χ3n) is 2.38. The van der Waals surface area contributed by atoms with E-state index in [-0.39, 0.29) is 0 Å². The van der Waals surface area contributed by atoms with Crippen LogP contribution in [0.1, 0.15) is 33.0 Å². The van der Waals surface area contributed by atoms with Crippen molar-refractivity contribution < 1.29 is 4.42 Å². The molecule has 1 aromatic heterocycles. The van der Waals surface area contributed by atoms with Crippen LogP contribution in [0.25, 0.3) is 0 Å². The summed E-state index contributed by atoms with van der Waals surface area (Å²) in [5, 5.41) is 4.05. The van der Waals surface area contributed by atoms with Crippen LogP contribution in [0, 0.1) is 6.92 Å². The molecule has 0 aromatic carbocycles. The molecule has 0 radical (unpaired) electrons. The highest BCUT2D eigenvalue weighted by Gasteiger charge is 2.11. The van der Waals surface area contributed by atoms with Gasteiger partial charge in [-0.15, -0.1) is 11.8 Å². The van der Waals surface area contributed by atoms with E-state index in [1.807, 2.05) is 18.7 Å². The minimum Gasteiger partial charge on any atom is -0.468 e. The van der Waals surface area contributed by atoms with Crippen molar-refractivity contribution in [1.29, 1.82) is 0 Å². The highest BCUT2D eigenvalue weighted by Crippen LogP contribution is 2.29. The van der Waals surface area contributed by atoms with Gasteiger partial charge in [-0.05, 0) is 32.9 Å². The predicted molar refractivity (Wildman–Crippen MR) is 66.5 cm³/mol. The maximum atomic E-state index is 5.28. The van der Waals surface area contributed by atoms with Crippen LogP contribution in [-0.2, 0) is 0 Å². The molecule has 0 aliphatic carbocycles. The quantitative estimate of drug-likeness (QED) is 0.753. The summed E-state index contributed by atoms with van der Waals surface area (Å²) in [4.78, 5) is 1.27. The smallest absolute Gasteiger partial charge is 0.114 e. The van der Waals surface area contributed by atoms with Crippen molar-refractivity contribution in [2.24, 2.45) is 0 Å². The number of rotatable bonds is 6. The molecule has 2 unspecified atom stereocenters. The molecule has 86 valence electrons. The molecule has 15 heavy (non-hydrogen) atoms. The summed E-state index contributed by atoms with van der Waals surface area (Å²) in [5.74, 6) is 1.03. The molecule has 0 spiro atoms. The second-order valence-electron chi connectivity index (χ2n) is 3.96. The molecule has 0 aliphatic heterocycles. The third kappa shape index (κ3) is 4.31. The van der Waals surface area contributed by atoms with Crippen molar-refractivity contribution in [3.63, 3.8) is 0 Å². The fraction of sp³-hybridized carbons (Fsp3) is 0.667. The molecule has 0 aliphatic rings. The van der Waals surface area contributed by atoms with E-state index in [9.17, 15) is 0 Å². The monoisotopic (exact) mass is 227 g/mol. The van der Waals surface area contributed by atoms with E-state index in [2.05, 4.69) is 32.2 Å². The molecule has 1 rings (SSSR count). The largest absolute Gasteiger partial charge is 0.468 e. The number of thioether (sulfide) groups is 1. The third-order valence-corrected chi connectivity index (χ3v) is 3.65. The molecule has 0 saturated carbocycles. The molecule has 3 heteroatoms. The molecule has 2 nitrogen and oxygen atoms in total. The Morgan fingerprint density at radius 3 is 2.73 bits per heavy atom. The molecular formula is C12H21NOS. The number of hydrogen-bond acceptors (Lipinski definition) is 3. The van der Waals surface area contributed by atoms with Gasteiger partial charge in [0.1, 0.15) is 5.76 Å². The van der Waals surface area contributed by atoms with Crippen molar-refractivity contribution in [1.82, 2.24) is 5.32 Å². The van der Waals surface area contributed by atoms with Gasteiger partial charge < -0.3 is 9.73 Å². The molecule has 0 bridgehead atoms. The highest BCUT2D eigenvalue weighted by molar-refractivity contribution is 8.00. The van der Waals surface area contributed by atoms with Gasteiger partial charge in [-0.3, -0.25) is 0 Å². The molecule has 2 atom stereocenters. The fourth-order valence-corrected chi connectivity index (χ4v) is 2.86. The summed E-state index contributed by atoms with van der Waals surface area (Å²) in [6.45, 7) is 9.72. The molecule has 1 N–H and O–H groups in total. The van der Waals surface area contributed by atoms with Gasteiger partial charge in [0, 0.05) is 16.2 Å². The minimum atomic E-state index is 0.588. The van der Waals surface area contributed by atoms with Crippen molar-refractivity contribution in [3.8, 4) is 0 Å². The maximum absolute atomic E-state index is 5.28. The lowest BCUT2D eigenvalue weighted by molar-refractivity contribution is 0.523. The van der Waals surface area contributed by atoms with E-state index >= 15 is 0 Å². The first-order valence-electron chi connectivity index (χ1n) is 5.57. The Labute approximate surface area is 96.8 Å². The summed E-state index contributed by atoms with van der Waals surface area (Å²) in [7, 11) is 0. The lowest BCUT2D eigenvalue weighted by atomic mass is 10.2. The van der Waals surface area contributed by atoms with Crippen LogP contribution in [0.2, 0.25) is 0 Å². The number of hydrogen-bond donors (Lipinski definition) is 1. The molecule has 0 saturated heterocycles. The van der Waals surface area contributed by atoms with Gasteiger partial charge in [0.15, 0.2) is 0 Å². The van der Waals surface area contributed by atoms with Crippen LogP contribution in [0.5, 0.6) is 0 Å². The van der Waals surface area contributed by atoms with Gasteiger partial charge in [0.2, 0.25) is 0 Å². The average Bonchev–Trinajstić information content (AvgIpc) is 2.52. The highest BCUT2D eigenvalue weighted by atomic mass is 32.2. The number of aryl methyl sites for hydroxylation is 1. The van der Waals surface area contributed by atoms with Crippen molar-refractivity contribution in [3.05, 3.63) is 18.1 Å². The normalized spacial score (nSPS) is 15.2. The van der Waals surface area contributed by atoms with Gasteiger partial charge in [0.25, 0.3) is 0 Å². The molecule has 1 heterocycles. The van der Waals surface area contributed by atoms with Crippen LogP contribution in [-0.4, -0.2) is 17.8 Å². The lowest BCUT2D eigenvalue weighted by Crippen LogP contribution is -2.28. The summed E-state index contributed by atoms with van der Waals surface area (Å²) in [6, 6.07) is 2.64. The zero-order chi connectivity index (χ0) is 11.3. The standard InChI is InChI=1S/C12H21NOS/c1-5-13-9(2)8-10(3)15-12-6-7-14-11(12)4/h6-7,9-10,13H,5,8H2,1-4H3. The van der Waals surface area contributed by atoms with Gasteiger partial charge in [0.05, 0.1) is 6.26 Å². The van der Waals surface area contributed by atoms with Gasteiger partial charge in [-0.25, -0.2) is 0 Å². The molecule has 0 amide bonds. The Kier molecular flexibility index (Phi) is 5.26. The summed E-state index contributed by atoms with van der Waals surface area (Å²) in [6.07, 6.45) is 2.95.